The summed E-state index contributed by atoms with van der Waals surface area (Å²) < 4.78 is 7.51. The molecule has 0 saturated carbocycles. The van der Waals surface area contributed by atoms with Gasteiger partial charge in [-0.1, -0.05) is 26.0 Å². The van der Waals surface area contributed by atoms with E-state index in [-0.39, 0.29) is 5.91 Å². The van der Waals surface area contributed by atoms with Crippen molar-refractivity contribution in [3.63, 3.8) is 0 Å². The Kier molecular flexibility index (Phi) is 5.91. The van der Waals surface area contributed by atoms with Crippen LogP contribution < -0.4 is 10.1 Å². The Morgan fingerprint density at radius 2 is 1.78 bits per heavy atom. The number of hydrogen-bond acceptors (Lipinski definition) is 3. The molecule has 1 aromatic heterocycles. The Morgan fingerprint density at radius 3 is 2.37 bits per heavy atom. The van der Waals surface area contributed by atoms with E-state index >= 15 is 0 Å². The van der Waals surface area contributed by atoms with E-state index in [1.807, 2.05) is 66.2 Å². The highest BCUT2D eigenvalue weighted by atomic mass is 16.5. The van der Waals surface area contributed by atoms with E-state index in [2.05, 4.69) is 24.3 Å². The lowest BCUT2D eigenvalue weighted by atomic mass is 10.1. The Labute approximate surface area is 160 Å². The molecule has 1 heterocycles. The smallest absolute Gasteiger partial charge is 0.251 e. The second-order valence-electron chi connectivity index (χ2n) is 6.96. The molecule has 0 spiro atoms. The zero-order chi connectivity index (χ0) is 19.2. The zero-order valence-corrected chi connectivity index (χ0v) is 16.0. The summed E-state index contributed by atoms with van der Waals surface area (Å²) in [6, 6.07) is 17.2. The maximum Gasteiger partial charge on any atom is 0.251 e. The van der Waals surface area contributed by atoms with Gasteiger partial charge in [0.25, 0.3) is 5.91 Å². The van der Waals surface area contributed by atoms with Crippen LogP contribution in [0, 0.1) is 12.8 Å². The van der Waals surface area contributed by atoms with Crippen LogP contribution in [0.1, 0.15) is 35.5 Å². The van der Waals surface area contributed by atoms with Crippen molar-refractivity contribution < 1.29 is 9.53 Å². The standard InChI is InChI=1S/C22H25N3O2/c1-16(2)15-27-21-10-4-18(5-11-21)14-23-22(26)19-6-8-20(9-7-19)25-17(3)12-13-24-25/h4-13,16H,14-15H2,1-3H3,(H,23,26). The third kappa shape index (κ3) is 4.97. The molecular weight excluding hydrogens is 338 g/mol. The van der Waals surface area contributed by atoms with Crippen LogP contribution in [-0.4, -0.2) is 22.3 Å². The molecule has 3 aromatic rings. The van der Waals surface area contributed by atoms with Gasteiger partial charge in [-0.15, -0.1) is 0 Å². The molecule has 140 valence electrons. The van der Waals surface area contributed by atoms with Crippen LogP contribution >= 0.6 is 0 Å². The molecule has 1 N–H and O–H groups in total. The molecule has 0 radical (unpaired) electrons. The lowest BCUT2D eigenvalue weighted by molar-refractivity contribution is 0.0951. The third-order valence-electron chi connectivity index (χ3n) is 4.17. The fraction of sp³-hybridized carbons (Fsp3) is 0.273. The minimum atomic E-state index is -0.0983. The van der Waals surface area contributed by atoms with E-state index in [0.717, 1.165) is 22.7 Å². The Morgan fingerprint density at radius 1 is 1.07 bits per heavy atom. The number of rotatable bonds is 7. The Balaban J connectivity index is 1.55. The minimum absolute atomic E-state index is 0.0983. The van der Waals surface area contributed by atoms with Gasteiger partial charge in [0.1, 0.15) is 5.75 Å². The number of nitrogens with one attached hydrogen (secondary N) is 1. The maximum absolute atomic E-state index is 12.4. The number of carbonyl (C=O) groups is 1. The molecule has 0 aliphatic heterocycles. The summed E-state index contributed by atoms with van der Waals surface area (Å²) in [5.74, 6) is 1.25. The number of amides is 1. The molecule has 0 aliphatic rings. The molecule has 2 aromatic carbocycles. The van der Waals surface area contributed by atoms with Gasteiger partial charge in [-0.2, -0.15) is 5.10 Å². The molecule has 1 amide bonds. The van der Waals surface area contributed by atoms with Crippen molar-refractivity contribution in [2.45, 2.75) is 27.3 Å². The van der Waals surface area contributed by atoms with E-state index in [1.165, 1.54) is 0 Å². The maximum atomic E-state index is 12.4. The lowest BCUT2D eigenvalue weighted by Gasteiger charge is -2.10. The number of carbonyl (C=O) groups excluding carboxylic acids is 1. The molecule has 0 bridgehead atoms. The van der Waals surface area contributed by atoms with Crippen molar-refractivity contribution in [2.75, 3.05) is 6.61 Å². The number of nitrogens with zero attached hydrogens (tertiary/aromatic N) is 2. The summed E-state index contributed by atoms with van der Waals surface area (Å²) in [7, 11) is 0. The van der Waals surface area contributed by atoms with Gasteiger partial charge in [-0.3, -0.25) is 4.79 Å². The predicted molar refractivity (Wildman–Crippen MR) is 106 cm³/mol. The van der Waals surface area contributed by atoms with Crippen molar-refractivity contribution >= 4 is 5.91 Å². The monoisotopic (exact) mass is 363 g/mol. The van der Waals surface area contributed by atoms with Crippen LogP contribution in [0.3, 0.4) is 0 Å². The first-order chi connectivity index (χ1) is 13.0. The second kappa shape index (κ2) is 8.54. The quantitative estimate of drug-likeness (QED) is 0.686. The average Bonchev–Trinajstić information content (AvgIpc) is 3.11. The van der Waals surface area contributed by atoms with Gasteiger partial charge in [0.05, 0.1) is 12.3 Å². The van der Waals surface area contributed by atoms with Crippen molar-refractivity contribution in [2.24, 2.45) is 5.92 Å². The summed E-state index contributed by atoms with van der Waals surface area (Å²) in [5.41, 5.74) is 3.64. The summed E-state index contributed by atoms with van der Waals surface area (Å²) in [5, 5.41) is 7.22. The van der Waals surface area contributed by atoms with E-state index in [0.29, 0.717) is 24.6 Å². The highest BCUT2D eigenvalue weighted by Crippen LogP contribution is 2.14. The molecule has 0 saturated heterocycles. The zero-order valence-electron chi connectivity index (χ0n) is 16.0. The van der Waals surface area contributed by atoms with Crippen LogP contribution in [0.2, 0.25) is 0 Å². The third-order valence-corrected chi connectivity index (χ3v) is 4.17. The van der Waals surface area contributed by atoms with Gasteiger partial charge >= 0.3 is 0 Å². The number of aromatic nitrogens is 2. The highest BCUT2D eigenvalue weighted by Gasteiger charge is 2.07. The average molecular weight is 363 g/mol. The van der Waals surface area contributed by atoms with Crippen molar-refractivity contribution in [3.05, 3.63) is 77.6 Å². The number of ether oxygens (including phenoxy) is 1. The Hall–Kier alpha value is -3.08. The first kappa shape index (κ1) is 18.7. The van der Waals surface area contributed by atoms with E-state index in [9.17, 15) is 4.79 Å². The first-order valence-electron chi connectivity index (χ1n) is 9.14. The molecule has 0 unspecified atom stereocenters. The topological polar surface area (TPSA) is 56.2 Å². The van der Waals surface area contributed by atoms with Gasteiger partial charge in [0, 0.05) is 24.0 Å². The van der Waals surface area contributed by atoms with Gasteiger partial charge in [-0.25, -0.2) is 4.68 Å². The van der Waals surface area contributed by atoms with Crippen molar-refractivity contribution in [1.82, 2.24) is 15.1 Å². The summed E-state index contributed by atoms with van der Waals surface area (Å²) in [6.45, 7) is 7.40. The van der Waals surface area contributed by atoms with Crippen molar-refractivity contribution in [3.8, 4) is 11.4 Å². The van der Waals surface area contributed by atoms with Crippen molar-refractivity contribution in [1.29, 1.82) is 0 Å². The second-order valence-corrected chi connectivity index (χ2v) is 6.96. The molecule has 0 fully saturated rings. The molecular formula is C22H25N3O2. The largest absolute Gasteiger partial charge is 0.493 e. The first-order valence-corrected chi connectivity index (χ1v) is 9.14. The molecule has 5 nitrogen and oxygen atoms in total. The summed E-state index contributed by atoms with van der Waals surface area (Å²) >= 11 is 0. The number of benzene rings is 2. The molecule has 5 heteroatoms. The minimum Gasteiger partial charge on any atom is -0.493 e. The van der Waals surface area contributed by atoms with Crippen LogP contribution in [0.15, 0.2) is 60.8 Å². The van der Waals surface area contributed by atoms with E-state index < -0.39 is 0 Å². The van der Waals surface area contributed by atoms with Gasteiger partial charge in [0.2, 0.25) is 0 Å². The molecule has 0 atom stereocenters. The SMILES string of the molecule is Cc1ccnn1-c1ccc(C(=O)NCc2ccc(OCC(C)C)cc2)cc1. The fourth-order valence-electron chi connectivity index (χ4n) is 2.64. The molecule has 27 heavy (non-hydrogen) atoms. The van der Waals surface area contributed by atoms with Crippen LogP contribution in [0.5, 0.6) is 5.75 Å². The molecule has 0 aliphatic carbocycles. The van der Waals surface area contributed by atoms with Gasteiger partial charge in [-0.05, 0) is 60.9 Å². The lowest BCUT2D eigenvalue weighted by Crippen LogP contribution is -2.22. The molecule has 3 rings (SSSR count). The van der Waals surface area contributed by atoms with E-state index in [1.54, 1.807) is 6.20 Å². The van der Waals surface area contributed by atoms with Crippen LogP contribution in [0.4, 0.5) is 0 Å². The number of aryl methyl sites for hydroxylation is 1. The van der Waals surface area contributed by atoms with E-state index in [4.69, 9.17) is 4.74 Å². The summed E-state index contributed by atoms with van der Waals surface area (Å²) in [4.78, 5) is 12.4. The van der Waals surface area contributed by atoms with Crippen LogP contribution in [0.25, 0.3) is 5.69 Å². The van der Waals surface area contributed by atoms with Crippen LogP contribution in [-0.2, 0) is 6.54 Å². The summed E-state index contributed by atoms with van der Waals surface area (Å²) in [6.07, 6.45) is 1.76. The normalized spacial score (nSPS) is 10.8. The predicted octanol–water partition coefficient (Wildman–Crippen LogP) is 4.15. The highest BCUT2D eigenvalue weighted by molar-refractivity contribution is 5.94. The number of hydrogen-bond donors (Lipinski definition) is 1. The Bertz CT molecular complexity index is 881. The fourth-order valence-corrected chi connectivity index (χ4v) is 2.64. The van der Waals surface area contributed by atoms with Gasteiger partial charge in [0.15, 0.2) is 0 Å². The van der Waals surface area contributed by atoms with Gasteiger partial charge < -0.3 is 10.1 Å².